The number of carbonyl (C=O) groups excluding carboxylic acids is 2. The van der Waals surface area contributed by atoms with E-state index in [1.165, 1.54) is 0 Å². The molecule has 4 nitrogen and oxygen atoms in total. The zero-order chi connectivity index (χ0) is 16.8. The van der Waals surface area contributed by atoms with Crippen molar-refractivity contribution < 1.29 is 19.1 Å². The second-order valence-corrected chi connectivity index (χ2v) is 6.06. The summed E-state index contributed by atoms with van der Waals surface area (Å²) in [6.07, 6.45) is 1.04. The number of rotatable bonds is 7. The number of hydrogen-bond acceptors (Lipinski definition) is 4. The lowest BCUT2D eigenvalue weighted by molar-refractivity contribution is -0.202. The third-order valence-electron chi connectivity index (χ3n) is 3.94. The Morgan fingerprint density at radius 1 is 0.909 bits per heavy atom. The summed E-state index contributed by atoms with van der Waals surface area (Å²) >= 11 is 0. The van der Waals surface area contributed by atoms with Crippen LogP contribution in [-0.4, -0.2) is 23.1 Å². The highest BCUT2D eigenvalue weighted by Crippen LogP contribution is 2.34. The van der Waals surface area contributed by atoms with Gasteiger partial charge in [0, 0.05) is 19.3 Å². The van der Waals surface area contributed by atoms with Gasteiger partial charge in [0.1, 0.15) is 5.60 Å². The monoisotopic (exact) mass is 306 g/mol. The highest BCUT2D eigenvalue weighted by atomic mass is 16.6. The summed E-state index contributed by atoms with van der Waals surface area (Å²) in [6.45, 7) is 8.87. The number of esters is 2. The molecule has 0 heterocycles. The minimum Gasteiger partial charge on any atom is -0.455 e. The first-order valence-corrected chi connectivity index (χ1v) is 7.71. The Kier molecular flexibility index (Phi) is 6.15. The fourth-order valence-corrected chi connectivity index (χ4v) is 2.15. The molecule has 0 saturated carbocycles. The Bertz CT molecular complexity index is 507. The molecule has 0 bridgehead atoms. The van der Waals surface area contributed by atoms with Gasteiger partial charge < -0.3 is 9.47 Å². The summed E-state index contributed by atoms with van der Waals surface area (Å²) in [7, 11) is 0. The van der Waals surface area contributed by atoms with Gasteiger partial charge in [-0.05, 0) is 26.3 Å². The molecule has 0 saturated heterocycles. The van der Waals surface area contributed by atoms with Crippen LogP contribution in [0.15, 0.2) is 30.3 Å². The second kappa shape index (κ2) is 7.43. The normalized spacial score (nSPS) is 14.0. The van der Waals surface area contributed by atoms with Crippen molar-refractivity contribution in [3.63, 3.8) is 0 Å². The van der Waals surface area contributed by atoms with Crippen molar-refractivity contribution in [2.75, 3.05) is 0 Å². The number of ether oxygens (including phenoxy) is 2. The Hall–Kier alpha value is -1.84. The van der Waals surface area contributed by atoms with Gasteiger partial charge in [-0.25, -0.2) is 0 Å². The first kappa shape index (κ1) is 18.2. The summed E-state index contributed by atoms with van der Waals surface area (Å²) in [4.78, 5) is 23.6. The Balaban J connectivity index is 3.09. The maximum Gasteiger partial charge on any atom is 0.306 e. The molecule has 0 aliphatic rings. The summed E-state index contributed by atoms with van der Waals surface area (Å²) in [5.41, 5.74) is -0.845. The Morgan fingerprint density at radius 3 is 1.91 bits per heavy atom. The minimum absolute atomic E-state index is 0.280. The van der Waals surface area contributed by atoms with Crippen LogP contribution in [0, 0.1) is 0 Å². The van der Waals surface area contributed by atoms with Gasteiger partial charge in [-0.3, -0.25) is 9.59 Å². The van der Waals surface area contributed by atoms with Crippen LogP contribution < -0.4 is 0 Å². The smallest absolute Gasteiger partial charge is 0.306 e. The van der Waals surface area contributed by atoms with Gasteiger partial charge in [0.15, 0.2) is 5.60 Å². The van der Waals surface area contributed by atoms with Gasteiger partial charge in [0.25, 0.3) is 0 Å². The van der Waals surface area contributed by atoms with E-state index >= 15 is 0 Å². The van der Waals surface area contributed by atoms with Crippen molar-refractivity contribution in [1.82, 2.24) is 0 Å². The lowest BCUT2D eigenvalue weighted by Gasteiger charge is -2.42. The molecular weight excluding hydrogens is 280 g/mol. The van der Waals surface area contributed by atoms with Crippen LogP contribution in [0.4, 0.5) is 0 Å². The molecule has 1 aromatic rings. The lowest BCUT2D eigenvalue weighted by Crippen LogP contribution is -2.55. The molecule has 1 aromatic carbocycles. The van der Waals surface area contributed by atoms with Crippen molar-refractivity contribution in [2.45, 2.75) is 65.1 Å². The molecule has 0 aromatic heterocycles. The number of hydrogen-bond donors (Lipinski definition) is 0. The van der Waals surface area contributed by atoms with E-state index in [0.717, 1.165) is 5.56 Å². The summed E-state index contributed by atoms with van der Waals surface area (Å²) in [5, 5.41) is 0. The van der Waals surface area contributed by atoms with E-state index < -0.39 is 11.2 Å². The summed E-state index contributed by atoms with van der Waals surface area (Å²) in [5.74, 6) is -0.615. The summed E-state index contributed by atoms with van der Waals surface area (Å²) in [6, 6.07) is 9.73. The molecule has 0 aliphatic carbocycles. The molecule has 0 amide bonds. The third-order valence-corrected chi connectivity index (χ3v) is 3.94. The van der Waals surface area contributed by atoms with E-state index in [1.54, 1.807) is 27.7 Å². The van der Waals surface area contributed by atoms with Gasteiger partial charge in [-0.15, -0.1) is 0 Å². The van der Waals surface area contributed by atoms with E-state index in [0.29, 0.717) is 6.42 Å². The molecule has 0 N–H and O–H groups in total. The highest BCUT2D eigenvalue weighted by molar-refractivity contribution is 5.71. The first-order chi connectivity index (χ1) is 10.2. The van der Waals surface area contributed by atoms with Crippen LogP contribution in [-0.2, 0) is 25.5 Å². The summed E-state index contributed by atoms with van der Waals surface area (Å²) < 4.78 is 11.2. The molecule has 122 valence electrons. The quantitative estimate of drug-likeness (QED) is 0.721. The van der Waals surface area contributed by atoms with Crippen LogP contribution in [0.3, 0.4) is 0 Å². The van der Waals surface area contributed by atoms with Crippen LogP contribution >= 0.6 is 0 Å². The fourth-order valence-electron chi connectivity index (χ4n) is 2.15. The minimum atomic E-state index is -0.938. The van der Waals surface area contributed by atoms with Gasteiger partial charge in [0.2, 0.25) is 0 Å². The van der Waals surface area contributed by atoms with Crippen LogP contribution in [0.5, 0.6) is 0 Å². The van der Waals surface area contributed by atoms with Gasteiger partial charge in [-0.1, -0.05) is 44.2 Å². The molecule has 1 unspecified atom stereocenters. The van der Waals surface area contributed by atoms with Crippen molar-refractivity contribution in [2.24, 2.45) is 0 Å². The number of carbonyl (C=O) groups is 2. The van der Waals surface area contributed by atoms with Crippen molar-refractivity contribution in [3.05, 3.63) is 35.9 Å². The Morgan fingerprint density at radius 2 is 1.41 bits per heavy atom. The molecule has 0 spiro atoms. The van der Waals surface area contributed by atoms with Crippen LogP contribution in [0.1, 0.15) is 53.0 Å². The predicted octanol–water partition coefficient (Wildman–Crippen LogP) is 3.67. The first-order valence-electron chi connectivity index (χ1n) is 7.71. The fraction of sp³-hybridized carbons (Fsp3) is 0.556. The van der Waals surface area contributed by atoms with Crippen LogP contribution in [0.25, 0.3) is 0 Å². The number of benzene rings is 1. The van der Waals surface area contributed by atoms with E-state index in [-0.39, 0.29) is 24.8 Å². The SMILES string of the molecule is CCC(=O)OC(C)(C)C(C)(Cc1ccccc1)OC(=O)CC. The molecule has 0 aliphatic heterocycles. The highest BCUT2D eigenvalue weighted by Gasteiger charge is 2.47. The molecule has 1 rings (SSSR count). The van der Waals surface area contributed by atoms with Gasteiger partial charge >= 0.3 is 11.9 Å². The molecule has 4 heteroatoms. The second-order valence-electron chi connectivity index (χ2n) is 6.06. The van der Waals surface area contributed by atoms with Crippen molar-refractivity contribution >= 4 is 11.9 Å². The van der Waals surface area contributed by atoms with Crippen molar-refractivity contribution in [1.29, 1.82) is 0 Å². The third kappa shape index (κ3) is 4.58. The zero-order valence-electron chi connectivity index (χ0n) is 14.1. The van der Waals surface area contributed by atoms with Gasteiger partial charge in [0.05, 0.1) is 0 Å². The standard InChI is InChI=1S/C18H26O4/c1-6-15(19)21-17(3,4)18(5,22-16(20)7-2)13-14-11-9-8-10-12-14/h8-12H,6-7,13H2,1-5H3. The topological polar surface area (TPSA) is 52.6 Å². The molecule has 1 atom stereocenters. The molecule has 0 fully saturated rings. The molecule has 0 radical (unpaired) electrons. The zero-order valence-corrected chi connectivity index (χ0v) is 14.1. The van der Waals surface area contributed by atoms with E-state index in [1.807, 2.05) is 37.3 Å². The largest absolute Gasteiger partial charge is 0.455 e. The average molecular weight is 306 g/mol. The lowest BCUT2D eigenvalue weighted by atomic mass is 9.81. The average Bonchev–Trinajstić information content (AvgIpc) is 2.47. The van der Waals surface area contributed by atoms with E-state index in [4.69, 9.17) is 9.47 Å². The van der Waals surface area contributed by atoms with E-state index in [9.17, 15) is 9.59 Å². The molecular formula is C18H26O4. The van der Waals surface area contributed by atoms with Gasteiger partial charge in [-0.2, -0.15) is 0 Å². The van der Waals surface area contributed by atoms with Crippen molar-refractivity contribution in [3.8, 4) is 0 Å². The molecule has 22 heavy (non-hydrogen) atoms. The van der Waals surface area contributed by atoms with Crippen LogP contribution in [0.2, 0.25) is 0 Å². The van der Waals surface area contributed by atoms with E-state index in [2.05, 4.69) is 0 Å². The predicted molar refractivity (Wildman–Crippen MR) is 85.4 cm³/mol. The maximum atomic E-state index is 11.9. The Labute approximate surface area is 132 Å². The maximum absolute atomic E-state index is 11.9.